The predicted molar refractivity (Wildman–Crippen MR) is 122 cm³/mol. The molecule has 10 heteroatoms. The van der Waals surface area contributed by atoms with Gasteiger partial charge in [0, 0.05) is 18.4 Å². The first-order valence-corrected chi connectivity index (χ1v) is 10.9. The van der Waals surface area contributed by atoms with Crippen LogP contribution in [0.3, 0.4) is 0 Å². The molecule has 0 aliphatic carbocycles. The van der Waals surface area contributed by atoms with Crippen molar-refractivity contribution in [3.05, 3.63) is 45.8 Å². The molecule has 1 rings (SSSR count). The second-order valence-electron chi connectivity index (χ2n) is 9.66. The number of nitrogens with one attached hydrogen (secondary N) is 3. The minimum Gasteiger partial charge on any atom is -0.357 e. The number of likely N-dealkylation sites (N-methyl/N-ethyl adjacent to an activating group) is 1. The van der Waals surface area contributed by atoms with E-state index < -0.39 is 58.4 Å². The van der Waals surface area contributed by atoms with Gasteiger partial charge in [-0.1, -0.05) is 46.8 Å². The Hall–Kier alpha value is -3.04. The van der Waals surface area contributed by atoms with Crippen LogP contribution in [0.15, 0.2) is 24.3 Å². The van der Waals surface area contributed by atoms with Crippen LogP contribution in [0.5, 0.6) is 0 Å². The highest BCUT2D eigenvalue weighted by Crippen LogP contribution is 2.22. The molecule has 3 atom stereocenters. The second kappa shape index (κ2) is 12.3. The number of amides is 3. The average molecular weight is 467 g/mol. The van der Waals surface area contributed by atoms with Crippen LogP contribution in [0.4, 0.5) is 4.39 Å². The highest BCUT2D eigenvalue weighted by atomic mass is 19.1. The van der Waals surface area contributed by atoms with Gasteiger partial charge in [0.05, 0.1) is 0 Å². The molecule has 0 bridgehead atoms. The van der Waals surface area contributed by atoms with Crippen molar-refractivity contribution < 1.29 is 23.7 Å². The molecule has 1 aromatic rings. The van der Waals surface area contributed by atoms with Crippen LogP contribution in [-0.2, 0) is 20.8 Å². The van der Waals surface area contributed by atoms with Crippen LogP contribution in [-0.4, -0.2) is 48.3 Å². The lowest BCUT2D eigenvalue weighted by Crippen LogP contribution is -2.59. The van der Waals surface area contributed by atoms with Gasteiger partial charge in [0.15, 0.2) is 0 Å². The fourth-order valence-corrected chi connectivity index (χ4v) is 3.44. The van der Waals surface area contributed by atoms with Crippen LogP contribution in [0.25, 0.3) is 0 Å². The van der Waals surface area contributed by atoms with Crippen molar-refractivity contribution in [1.82, 2.24) is 16.0 Å². The van der Waals surface area contributed by atoms with Gasteiger partial charge in [0.1, 0.15) is 23.8 Å². The predicted octanol–water partition coefficient (Wildman–Crippen LogP) is 2.07. The molecule has 0 fully saturated rings. The minimum absolute atomic E-state index is 0.0518. The number of hydrogen-bond donors (Lipinski definition) is 3. The Morgan fingerprint density at radius 3 is 2.06 bits per heavy atom. The Morgan fingerprint density at radius 1 is 1.03 bits per heavy atom. The van der Waals surface area contributed by atoms with Gasteiger partial charge in [-0.3, -0.25) is 24.5 Å². The molecule has 184 valence electrons. The summed E-state index contributed by atoms with van der Waals surface area (Å²) in [6, 6.07) is 3.58. The fraction of sp³-hybridized carbons (Fsp3) is 0.609. The van der Waals surface area contributed by atoms with Crippen molar-refractivity contribution in [2.75, 3.05) is 13.6 Å². The number of nitro groups is 1. The molecule has 0 radical (unpaired) electrons. The lowest BCUT2D eigenvalue weighted by Gasteiger charge is -2.32. The van der Waals surface area contributed by atoms with Crippen molar-refractivity contribution in [3.63, 3.8) is 0 Å². The van der Waals surface area contributed by atoms with Crippen LogP contribution >= 0.6 is 0 Å². The van der Waals surface area contributed by atoms with Crippen molar-refractivity contribution >= 4 is 17.7 Å². The van der Waals surface area contributed by atoms with Gasteiger partial charge in [-0.05, 0) is 35.4 Å². The maximum Gasteiger partial charge on any atom is 0.243 e. The zero-order chi connectivity index (χ0) is 25.3. The first-order valence-electron chi connectivity index (χ1n) is 10.9. The van der Waals surface area contributed by atoms with Crippen LogP contribution in [0, 0.1) is 33.2 Å². The van der Waals surface area contributed by atoms with Gasteiger partial charge < -0.3 is 16.0 Å². The molecule has 0 aromatic heterocycles. The number of benzene rings is 1. The third-order valence-corrected chi connectivity index (χ3v) is 5.14. The van der Waals surface area contributed by atoms with Gasteiger partial charge in [0.2, 0.25) is 24.3 Å². The van der Waals surface area contributed by atoms with E-state index in [0.717, 1.165) is 0 Å². The normalized spacial score (nSPS) is 14.2. The van der Waals surface area contributed by atoms with Crippen molar-refractivity contribution in [1.29, 1.82) is 0 Å². The van der Waals surface area contributed by atoms with Gasteiger partial charge in [0.25, 0.3) is 0 Å². The maximum atomic E-state index is 13.2. The van der Waals surface area contributed by atoms with E-state index in [2.05, 4.69) is 16.0 Å². The van der Waals surface area contributed by atoms with Crippen molar-refractivity contribution in [2.45, 2.75) is 59.5 Å². The van der Waals surface area contributed by atoms with E-state index in [1.54, 1.807) is 20.8 Å². The summed E-state index contributed by atoms with van der Waals surface area (Å²) in [6.45, 7) is 8.43. The van der Waals surface area contributed by atoms with Gasteiger partial charge >= 0.3 is 0 Å². The maximum absolute atomic E-state index is 13.2. The van der Waals surface area contributed by atoms with Gasteiger partial charge in [-0.15, -0.1) is 0 Å². The number of rotatable bonds is 11. The van der Waals surface area contributed by atoms with E-state index in [-0.39, 0.29) is 12.3 Å². The molecule has 0 saturated carbocycles. The highest BCUT2D eigenvalue weighted by molar-refractivity contribution is 5.93. The van der Waals surface area contributed by atoms with Gasteiger partial charge in [-0.2, -0.15) is 0 Å². The molecule has 3 N–H and O–H groups in total. The Balaban J connectivity index is 3.07. The van der Waals surface area contributed by atoms with Crippen LogP contribution in [0.1, 0.15) is 46.6 Å². The first-order chi connectivity index (χ1) is 15.2. The molecule has 0 aliphatic rings. The summed E-state index contributed by atoms with van der Waals surface area (Å²) in [5, 5.41) is 18.9. The van der Waals surface area contributed by atoms with Crippen LogP contribution < -0.4 is 16.0 Å². The summed E-state index contributed by atoms with van der Waals surface area (Å²) in [4.78, 5) is 48.9. The molecule has 0 unspecified atom stereocenters. The van der Waals surface area contributed by atoms with E-state index in [0.29, 0.717) is 12.0 Å². The Bertz CT molecular complexity index is 836. The van der Waals surface area contributed by atoms with Crippen LogP contribution in [0.2, 0.25) is 0 Å². The zero-order valence-electron chi connectivity index (χ0n) is 20.1. The van der Waals surface area contributed by atoms with Crippen molar-refractivity contribution in [3.8, 4) is 0 Å². The molecule has 1 aromatic carbocycles. The summed E-state index contributed by atoms with van der Waals surface area (Å²) in [6.07, 6.45) is 0.421. The Morgan fingerprint density at radius 2 is 1.61 bits per heavy atom. The van der Waals surface area contributed by atoms with E-state index in [9.17, 15) is 28.9 Å². The third-order valence-electron chi connectivity index (χ3n) is 5.14. The fourth-order valence-electron chi connectivity index (χ4n) is 3.44. The van der Waals surface area contributed by atoms with E-state index in [1.807, 2.05) is 13.8 Å². The summed E-state index contributed by atoms with van der Waals surface area (Å²) < 4.78 is 13.2. The number of hydrogen-bond acceptors (Lipinski definition) is 5. The molecule has 9 nitrogen and oxygen atoms in total. The smallest absolute Gasteiger partial charge is 0.243 e. The minimum atomic E-state index is -1.04. The lowest BCUT2D eigenvalue weighted by atomic mass is 9.85. The summed E-state index contributed by atoms with van der Waals surface area (Å²) in [5.74, 6) is -2.86. The quantitative estimate of drug-likeness (QED) is 0.339. The molecule has 0 spiro atoms. The number of nitrogens with zero attached hydrogens (tertiary/aromatic N) is 1. The van der Waals surface area contributed by atoms with E-state index in [4.69, 9.17) is 0 Å². The summed E-state index contributed by atoms with van der Waals surface area (Å²) in [5.41, 5.74) is -0.0931. The molecule has 3 amide bonds. The standard InChI is InChI=1S/C23H35FN4O5/c1-14(2)11-16(13-28(32)33)20(29)27-19(23(3,4)5)22(31)26-18(21(30)25-6)12-15-7-9-17(24)10-8-15/h7-10,14,16,18-19H,11-13H2,1-6H3,(H,25,30)(H,26,31)(H,27,29)/t16-,18-,19-/m1/s1. The lowest BCUT2D eigenvalue weighted by molar-refractivity contribution is -0.486. The highest BCUT2D eigenvalue weighted by Gasteiger charge is 2.37. The SMILES string of the molecule is CNC(=O)[C@@H](Cc1ccc(F)cc1)NC(=O)[C@@H](NC(=O)[C@H](CC(C)C)C[N+](=O)[O-])C(C)(C)C. The van der Waals surface area contributed by atoms with E-state index in [1.165, 1.54) is 31.3 Å². The monoisotopic (exact) mass is 466 g/mol. The van der Waals surface area contributed by atoms with Gasteiger partial charge in [-0.25, -0.2) is 4.39 Å². The topological polar surface area (TPSA) is 130 Å². The number of carbonyl (C=O) groups excluding carboxylic acids is 3. The third kappa shape index (κ3) is 9.55. The average Bonchev–Trinajstić information content (AvgIpc) is 2.70. The molecule has 0 aliphatic heterocycles. The summed E-state index contributed by atoms with van der Waals surface area (Å²) in [7, 11) is 1.43. The van der Waals surface area contributed by atoms with E-state index >= 15 is 0 Å². The number of halogens is 1. The molecular formula is C23H35FN4O5. The molecule has 33 heavy (non-hydrogen) atoms. The zero-order valence-corrected chi connectivity index (χ0v) is 20.1. The summed E-state index contributed by atoms with van der Waals surface area (Å²) >= 11 is 0. The Labute approximate surface area is 194 Å². The number of carbonyl (C=O) groups is 3. The second-order valence-corrected chi connectivity index (χ2v) is 9.66. The largest absolute Gasteiger partial charge is 0.357 e. The Kier molecular flexibility index (Phi) is 10.4. The molecule has 0 saturated heterocycles. The first kappa shape index (κ1) is 28.0. The molecular weight excluding hydrogens is 431 g/mol. The van der Waals surface area contributed by atoms with Crippen molar-refractivity contribution in [2.24, 2.45) is 17.3 Å². The molecule has 0 heterocycles.